The molecule has 4 nitrogen and oxygen atoms in total. The van der Waals surface area contributed by atoms with E-state index in [9.17, 15) is 4.79 Å². The maximum Gasteiger partial charge on any atom is 0.251 e. The maximum atomic E-state index is 12.2. The van der Waals surface area contributed by atoms with E-state index in [-0.39, 0.29) is 5.91 Å². The number of benzene rings is 2. The molecule has 0 aliphatic rings. The molecule has 0 saturated heterocycles. The van der Waals surface area contributed by atoms with Crippen LogP contribution in [-0.4, -0.2) is 26.2 Å². The molecule has 0 saturated carbocycles. The quantitative estimate of drug-likeness (QED) is 0.545. The molecule has 0 atom stereocenters. The van der Waals surface area contributed by atoms with Gasteiger partial charge < -0.3 is 14.8 Å². The molecule has 5 heteroatoms. The summed E-state index contributed by atoms with van der Waals surface area (Å²) < 4.78 is 11.7. The maximum absolute atomic E-state index is 12.2. The molecular weight excluding hydrogens is 405 g/mol. The van der Waals surface area contributed by atoms with Crippen molar-refractivity contribution in [1.29, 1.82) is 0 Å². The monoisotopic (exact) mass is 425 g/mol. The molecule has 0 aromatic heterocycles. The molecule has 122 valence electrons. The van der Waals surface area contributed by atoms with Gasteiger partial charge in [0.05, 0.1) is 6.61 Å². The second-order valence-electron chi connectivity index (χ2n) is 5.14. The summed E-state index contributed by atoms with van der Waals surface area (Å²) in [6.45, 7) is 3.52. The lowest BCUT2D eigenvalue weighted by atomic mass is 10.1. The summed E-state index contributed by atoms with van der Waals surface area (Å²) in [6.07, 6.45) is 0. The number of carbonyl (C=O) groups is 1. The summed E-state index contributed by atoms with van der Waals surface area (Å²) in [5.41, 5.74) is 2.78. The standard InChI is InChI=1S/C18H20INO3/c1-13-10-15(6-7-17(13)19)18(21)20-12-14-4-3-5-16(11-14)23-9-8-22-2/h3-7,10-11H,8-9,12H2,1-2H3,(H,20,21). The van der Waals surface area contributed by atoms with Crippen LogP contribution >= 0.6 is 22.6 Å². The van der Waals surface area contributed by atoms with Crippen molar-refractivity contribution in [2.24, 2.45) is 0 Å². The van der Waals surface area contributed by atoms with E-state index < -0.39 is 0 Å². The minimum absolute atomic E-state index is 0.0739. The molecule has 0 aliphatic carbocycles. The minimum atomic E-state index is -0.0739. The van der Waals surface area contributed by atoms with E-state index in [0.717, 1.165) is 20.4 Å². The normalized spacial score (nSPS) is 10.4. The number of nitrogens with one attached hydrogen (secondary N) is 1. The molecular formula is C18H20INO3. The van der Waals surface area contributed by atoms with E-state index >= 15 is 0 Å². The third kappa shape index (κ3) is 5.51. The Bertz CT molecular complexity index is 673. The lowest BCUT2D eigenvalue weighted by Crippen LogP contribution is -2.22. The molecule has 2 aromatic rings. The molecule has 0 aliphatic heterocycles. The summed E-state index contributed by atoms with van der Waals surface area (Å²) in [6, 6.07) is 13.4. The zero-order valence-corrected chi connectivity index (χ0v) is 15.4. The van der Waals surface area contributed by atoms with Gasteiger partial charge >= 0.3 is 0 Å². The SMILES string of the molecule is COCCOc1cccc(CNC(=O)c2ccc(I)c(C)c2)c1. The van der Waals surface area contributed by atoms with Gasteiger partial charge in [0.25, 0.3) is 5.91 Å². The van der Waals surface area contributed by atoms with Crippen LogP contribution in [0.1, 0.15) is 21.5 Å². The predicted molar refractivity (Wildman–Crippen MR) is 98.9 cm³/mol. The average molecular weight is 425 g/mol. The zero-order chi connectivity index (χ0) is 16.7. The fourth-order valence-electron chi connectivity index (χ4n) is 2.06. The molecule has 1 N–H and O–H groups in total. The lowest BCUT2D eigenvalue weighted by Gasteiger charge is -2.09. The third-order valence-electron chi connectivity index (χ3n) is 3.33. The summed E-state index contributed by atoms with van der Waals surface area (Å²) in [4.78, 5) is 12.2. The first-order valence-corrected chi connectivity index (χ1v) is 8.43. The predicted octanol–water partition coefficient (Wildman–Crippen LogP) is 3.55. The number of hydrogen-bond donors (Lipinski definition) is 1. The Morgan fingerprint density at radius 3 is 2.74 bits per heavy atom. The number of amides is 1. The Labute approximate surface area is 150 Å². The van der Waals surface area contributed by atoms with Crippen LogP contribution in [0.25, 0.3) is 0 Å². The van der Waals surface area contributed by atoms with Crippen molar-refractivity contribution in [3.05, 3.63) is 62.7 Å². The van der Waals surface area contributed by atoms with Gasteiger partial charge in [0.15, 0.2) is 0 Å². The van der Waals surface area contributed by atoms with E-state index in [1.165, 1.54) is 0 Å². The Kier molecular flexibility index (Phi) is 6.85. The Morgan fingerprint density at radius 2 is 2.00 bits per heavy atom. The third-order valence-corrected chi connectivity index (χ3v) is 4.54. The van der Waals surface area contributed by atoms with Gasteiger partial charge in [-0.05, 0) is 71.0 Å². The van der Waals surface area contributed by atoms with Crippen LogP contribution in [0.2, 0.25) is 0 Å². The smallest absolute Gasteiger partial charge is 0.251 e. The molecule has 2 rings (SSSR count). The van der Waals surface area contributed by atoms with Gasteiger partial charge in [-0.3, -0.25) is 4.79 Å². The van der Waals surface area contributed by atoms with E-state index in [1.807, 2.05) is 49.4 Å². The minimum Gasteiger partial charge on any atom is -0.491 e. The summed E-state index contributed by atoms with van der Waals surface area (Å²) in [5, 5.41) is 2.93. The first kappa shape index (κ1) is 17.7. The van der Waals surface area contributed by atoms with Crippen LogP contribution in [0.5, 0.6) is 5.75 Å². The number of hydrogen-bond acceptors (Lipinski definition) is 3. The number of halogens is 1. The van der Waals surface area contributed by atoms with Crippen LogP contribution in [-0.2, 0) is 11.3 Å². The highest BCUT2D eigenvalue weighted by Crippen LogP contribution is 2.15. The van der Waals surface area contributed by atoms with Crippen LogP contribution in [0, 0.1) is 10.5 Å². The zero-order valence-electron chi connectivity index (χ0n) is 13.3. The molecule has 0 spiro atoms. The molecule has 0 heterocycles. The van der Waals surface area contributed by atoms with Crippen molar-refractivity contribution in [1.82, 2.24) is 5.32 Å². The Morgan fingerprint density at radius 1 is 1.17 bits per heavy atom. The number of rotatable bonds is 7. The van der Waals surface area contributed by atoms with Gasteiger partial charge in [-0.15, -0.1) is 0 Å². The highest BCUT2D eigenvalue weighted by atomic mass is 127. The molecule has 0 fully saturated rings. The van der Waals surface area contributed by atoms with Gasteiger partial charge in [-0.25, -0.2) is 0 Å². The van der Waals surface area contributed by atoms with Crippen molar-refractivity contribution in [2.75, 3.05) is 20.3 Å². The number of aryl methyl sites for hydroxylation is 1. The van der Waals surface area contributed by atoms with Crippen molar-refractivity contribution < 1.29 is 14.3 Å². The van der Waals surface area contributed by atoms with E-state index in [1.54, 1.807) is 7.11 Å². The van der Waals surface area contributed by atoms with Crippen LogP contribution < -0.4 is 10.1 Å². The van der Waals surface area contributed by atoms with E-state index in [0.29, 0.717) is 25.3 Å². The second kappa shape index (κ2) is 8.88. The van der Waals surface area contributed by atoms with Gasteiger partial charge in [-0.2, -0.15) is 0 Å². The lowest BCUT2D eigenvalue weighted by molar-refractivity contribution is 0.0950. The molecule has 2 aromatic carbocycles. The van der Waals surface area contributed by atoms with Crippen LogP contribution in [0.15, 0.2) is 42.5 Å². The first-order chi connectivity index (χ1) is 11.1. The molecule has 0 unspecified atom stereocenters. The van der Waals surface area contributed by atoms with Crippen LogP contribution in [0.3, 0.4) is 0 Å². The Hall–Kier alpha value is -1.60. The van der Waals surface area contributed by atoms with Gasteiger partial charge in [0, 0.05) is 22.8 Å². The fourth-order valence-corrected chi connectivity index (χ4v) is 2.39. The van der Waals surface area contributed by atoms with Gasteiger partial charge in [0.1, 0.15) is 12.4 Å². The second-order valence-corrected chi connectivity index (χ2v) is 6.30. The van der Waals surface area contributed by atoms with E-state index in [2.05, 4.69) is 27.9 Å². The summed E-state index contributed by atoms with van der Waals surface area (Å²) >= 11 is 2.26. The number of carbonyl (C=O) groups excluding carboxylic acids is 1. The van der Waals surface area contributed by atoms with Gasteiger partial charge in [0.2, 0.25) is 0 Å². The highest BCUT2D eigenvalue weighted by molar-refractivity contribution is 14.1. The van der Waals surface area contributed by atoms with E-state index in [4.69, 9.17) is 9.47 Å². The van der Waals surface area contributed by atoms with Crippen molar-refractivity contribution >= 4 is 28.5 Å². The number of methoxy groups -OCH3 is 1. The highest BCUT2D eigenvalue weighted by Gasteiger charge is 2.07. The average Bonchev–Trinajstić information content (AvgIpc) is 2.56. The van der Waals surface area contributed by atoms with Gasteiger partial charge in [-0.1, -0.05) is 12.1 Å². The largest absolute Gasteiger partial charge is 0.491 e. The van der Waals surface area contributed by atoms with Crippen LogP contribution in [0.4, 0.5) is 0 Å². The molecule has 1 amide bonds. The molecule has 0 bridgehead atoms. The first-order valence-electron chi connectivity index (χ1n) is 7.35. The molecule has 23 heavy (non-hydrogen) atoms. The van der Waals surface area contributed by atoms with Crippen molar-refractivity contribution in [2.45, 2.75) is 13.5 Å². The number of ether oxygens (including phenoxy) is 2. The Balaban J connectivity index is 1.93. The summed E-state index contributed by atoms with van der Waals surface area (Å²) in [7, 11) is 1.64. The van der Waals surface area contributed by atoms with Crippen molar-refractivity contribution in [3.63, 3.8) is 0 Å². The van der Waals surface area contributed by atoms with Crippen molar-refractivity contribution in [3.8, 4) is 5.75 Å². The fraction of sp³-hybridized carbons (Fsp3) is 0.278. The topological polar surface area (TPSA) is 47.6 Å². The summed E-state index contributed by atoms with van der Waals surface area (Å²) in [5.74, 6) is 0.703. The molecule has 0 radical (unpaired) electrons.